The highest BCUT2D eigenvalue weighted by Gasteiger charge is 2.19. The van der Waals surface area contributed by atoms with E-state index in [0.29, 0.717) is 17.7 Å². The number of carbonyl (C=O) groups is 2. The second-order valence-corrected chi connectivity index (χ2v) is 6.15. The van der Waals surface area contributed by atoms with Crippen molar-refractivity contribution < 1.29 is 32.5 Å². The van der Waals surface area contributed by atoms with Crippen LogP contribution in [0.3, 0.4) is 0 Å². The summed E-state index contributed by atoms with van der Waals surface area (Å²) in [6.07, 6.45) is 1.27. The Morgan fingerprint density at radius 2 is 1.94 bits per heavy atom. The van der Waals surface area contributed by atoms with Gasteiger partial charge in [-0.1, -0.05) is 11.6 Å². The van der Waals surface area contributed by atoms with Crippen molar-refractivity contribution in [3.63, 3.8) is 0 Å². The lowest BCUT2D eigenvalue weighted by molar-refractivity contribution is 0.0729. The largest absolute Gasteiger partial charge is 0.493 e. The number of aromatic nitrogens is 2. The van der Waals surface area contributed by atoms with E-state index in [1.165, 1.54) is 31.5 Å². The number of nitrogens with zero attached hydrogens (tertiary/aromatic N) is 3. The SMILES string of the molecule is COc1cc(/C=N/NC(=O)c2nonc2N)ccc1OC(=O)c1cc(F)c(F)cc1Cl. The molecule has 0 atom stereocenters. The third-order valence-corrected chi connectivity index (χ3v) is 4.04. The number of nitrogen functional groups attached to an aromatic ring is 1. The standard InChI is InChI=1S/C18H12ClF2N5O5/c1-29-14-4-8(7-23-24-17(27)15-16(22)26-31-25-15)2-3-13(14)30-18(28)9-5-11(20)12(21)6-10(9)19/h2-7H,1H3,(H2,22,26)(H,24,27)/b23-7+. The van der Waals surface area contributed by atoms with E-state index in [-0.39, 0.29) is 33.6 Å². The minimum atomic E-state index is -1.25. The van der Waals surface area contributed by atoms with Crippen LogP contribution in [-0.2, 0) is 0 Å². The van der Waals surface area contributed by atoms with Crippen LogP contribution in [0.4, 0.5) is 14.6 Å². The van der Waals surface area contributed by atoms with Crippen LogP contribution in [0.2, 0.25) is 5.02 Å². The normalized spacial score (nSPS) is 10.8. The summed E-state index contributed by atoms with van der Waals surface area (Å²) in [4.78, 5) is 24.1. The molecule has 0 saturated carbocycles. The van der Waals surface area contributed by atoms with Crippen molar-refractivity contribution in [2.75, 3.05) is 12.8 Å². The van der Waals surface area contributed by atoms with Gasteiger partial charge in [0, 0.05) is 0 Å². The zero-order valence-corrected chi connectivity index (χ0v) is 16.3. The monoisotopic (exact) mass is 451 g/mol. The number of rotatable bonds is 6. The first-order valence-electron chi connectivity index (χ1n) is 8.26. The average Bonchev–Trinajstić information content (AvgIpc) is 3.17. The van der Waals surface area contributed by atoms with Gasteiger partial charge < -0.3 is 15.2 Å². The molecule has 0 aliphatic heterocycles. The van der Waals surface area contributed by atoms with Gasteiger partial charge >= 0.3 is 5.97 Å². The van der Waals surface area contributed by atoms with E-state index in [0.717, 1.165) is 0 Å². The number of halogens is 3. The summed E-state index contributed by atoms with van der Waals surface area (Å²) in [5.74, 6) is -4.30. The molecule has 0 aliphatic carbocycles. The summed E-state index contributed by atoms with van der Waals surface area (Å²) in [5.41, 5.74) is 7.44. The second kappa shape index (κ2) is 9.17. The molecule has 0 saturated heterocycles. The van der Waals surface area contributed by atoms with Crippen LogP contribution in [0.15, 0.2) is 40.1 Å². The Morgan fingerprint density at radius 3 is 2.61 bits per heavy atom. The maximum atomic E-state index is 13.4. The lowest BCUT2D eigenvalue weighted by Crippen LogP contribution is -2.19. The fraction of sp³-hybridized carbons (Fsp3) is 0.0556. The molecular formula is C18H12ClF2N5O5. The third-order valence-electron chi connectivity index (χ3n) is 3.73. The molecular weight excluding hydrogens is 440 g/mol. The van der Waals surface area contributed by atoms with E-state index in [2.05, 4.69) is 25.5 Å². The molecule has 1 heterocycles. The number of ether oxygens (including phenoxy) is 2. The van der Waals surface area contributed by atoms with E-state index in [9.17, 15) is 18.4 Å². The van der Waals surface area contributed by atoms with Crippen molar-refractivity contribution >= 4 is 35.5 Å². The smallest absolute Gasteiger partial charge is 0.345 e. The van der Waals surface area contributed by atoms with Crippen molar-refractivity contribution in [3.05, 3.63) is 63.8 Å². The molecule has 0 unspecified atom stereocenters. The van der Waals surface area contributed by atoms with E-state index >= 15 is 0 Å². The van der Waals surface area contributed by atoms with Gasteiger partial charge in [-0.15, -0.1) is 0 Å². The molecule has 3 N–H and O–H groups in total. The zero-order valence-electron chi connectivity index (χ0n) is 15.6. The van der Waals surface area contributed by atoms with E-state index < -0.39 is 23.5 Å². The Hall–Kier alpha value is -4.06. The average molecular weight is 452 g/mol. The first-order chi connectivity index (χ1) is 14.8. The van der Waals surface area contributed by atoms with Gasteiger partial charge in [0.1, 0.15) is 0 Å². The predicted molar refractivity (Wildman–Crippen MR) is 103 cm³/mol. The Morgan fingerprint density at radius 1 is 1.19 bits per heavy atom. The van der Waals surface area contributed by atoms with E-state index in [4.69, 9.17) is 26.8 Å². The Kier molecular flexibility index (Phi) is 6.40. The summed E-state index contributed by atoms with van der Waals surface area (Å²) < 4.78 is 41.2. The molecule has 160 valence electrons. The molecule has 0 spiro atoms. The van der Waals surface area contributed by atoms with Crippen molar-refractivity contribution in [1.82, 2.24) is 15.7 Å². The van der Waals surface area contributed by atoms with Gasteiger partial charge in [-0.2, -0.15) is 5.10 Å². The number of nitrogens with two attached hydrogens (primary N) is 1. The molecule has 0 aliphatic rings. The van der Waals surface area contributed by atoms with Crippen LogP contribution in [0.5, 0.6) is 11.5 Å². The van der Waals surface area contributed by atoms with Crippen LogP contribution >= 0.6 is 11.6 Å². The molecule has 3 rings (SSSR count). The Balaban J connectivity index is 1.72. The molecule has 10 nitrogen and oxygen atoms in total. The highest BCUT2D eigenvalue weighted by molar-refractivity contribution is 6.33. The first kappa shape index (κ1) is 21.6. The van der Waals surface area contributed by atoms with Crippen molar-refractivity contribution in [2.24, 2.45) is 5.10 Å². The van der Waals surface area contributed by atoms with Crippen LogP contribution < -0.4 is 20.6 Å². The quantitative estimate of drug-likeness (QED) is 0.191. The molecule has 13 heteroatoms. The molecule has 1 amide bonds. The van der Waals surface area contributed by atoms with Gasteiger partial charge in [-0.05, 0) is 46.2 Å². The Bertz CT molecular complexity index is 1180. The fourth-order valence-corrected chi connectivity index (χ4v) is 2.48. The number of amides is 1. The number of carbonyl (C=O) groups excluding carboxylic acids is 2. The molecule has 1 aromatic heterocycles. The highest BCUT2D eigenvalue weighted by Crippen LogP contribution is 2.29. The zero-order chi connectivity index (χ0) is 22.5. The second-order valence-electron chi connectivity index (χ2n) is 5.74. The van der Waals surface area contributed by atoms with Gasteiger partial charge in [0.15, 0.2) is 23.1 Å². The minimum absolute atomic E-state index is 0.0177. The highest BCUT2D eigenvalue weighted by atomic mass is 35.5. The number of methoxy groups -OCH3 is 1. The first-order valence-corrected chi connectivity index (χ1v) is 8.64. The summed E-state index contributed by atoms with van der Waals surface area (Å²) >= 11 is 5.78. The number of benzene rings is 2. The third kappa shape index (κ3) is 4.93. The maximum Gasteiger partial charge on any atom is 0.345 e. The van der Waals surface area contributed by atoms with E-state index in [1.54, 1.807) is 0 Å². The van der Waals surface area contributed by atoms with Crippen LogP contribution in [0, 0.1) is 11.6 Å². The van der Waals surface area contributed by atoms with Gasteiger partial charge in [-0.3, -0.25) is 4.79 Å². The van der Waals surface area contributed by atoms with Crippen LogP contribution in [0.25, 0.3) is 0 Å². The number of hydrazone groups is 1. The van der Waals surface area contributed by atoms with Crippen molar-refractivity contribution in [1.29, 1.82) is 0 Å². The van der Waals surface area contributed by atoms with Gasteiger partial charge in [-0.25, -0.2) is 23.6 Å². The molecule has 31 heavy (non-hydrogen) atoms. The topological polar surface area (TPSA) is 142 Å². The number of anilines is 1. The lowest BCUT2D eigenvalue weighted by atomic mass is 10.2. The summed E-state index contributed by atoms with van der Waals surface area (Å²) in [5, 5.41) is 10.0. The maximum absolute atomic E-state index is 13.4. The minimum Gasteiger partial charge on any atom is -0.493 e. The number of hydrogen-bond donors (Lipinski definition) is 2. The van der Waals surface area contributed by atoms with Gasteiger partial charge in [0.2, 0.25) is 11.5 Å². The molecule has 3 aromatic rings. The molecule has 0 fully saturated rings. The number of nitrogens with one attached hydrogen (secondary N) is 1. The van der Waals surface area contributed by atoms with Gasteiger partial charge in [0.25, 0.3) is 5.91 Å². The van der Waals surface area contributed by atoms with Crippen LogP contribution in [0.1, 0.15) is 26.4 Å². The van der Waals surface area contributed by atoms with Gasteiger partial charge in [0.05, 0.1) is 23.9 Å². The summed E-state index contributed by atoms with van der Waals surface area (Å²) in [6.45, 7) is 0. The number of hydrogen-bond acceptors (Lipinski definition) is 9. The van der Waals surface area contributed by atoms with Crippen molar-refractivity contribution in [3.8, 4) is 11.5 Å². The summed E-state index contributed by atoms with van der Waals surface area (Å²) in [6, 6.07) is 5.60. The van der Waals surface area contributed by atoms with Crippen molar-refractivity contribution in [2.45, 2.75) is 0 Å². The Labute approximate surface area is 177 Å². The lowest BCUT2D eigenvalue weighted by Gasteiger charge is -2.11. The predicted octanol–water partition coefficient (Wildman–Crippen LogP) is 2.58. The fourth-order valence-electron chi connectivity index (χ4n) is 2.25. The number of esters is 1. The molecule has 0 bridgehead atoms. The molecule has 2 aromatic carbocycles. The van der Waals surface area contributed by atoms with Crippen LogP contribution in [-0.4, -0.2) is 35.5 Å². The summed E-state index contributed by atoms with van der Waals surface area (Å²) in [7, 11) is 1.32. The molecule has 0 radical (unpaired) electrons. The van der Waals surface area contributed by atoms with E-state index in [1.807, 2.05) is 0 Å².